The third-order valence-electron chi connectivity index (χ3n) is 17.5. The zero-order valence-corrected chi connectivity index (χ0v) is 72.3. The molecule has 0 radical (unpaired) electrons. The molecule has 10 rings (SSSR count). The van der Waals surface area contributed by atoms with Crippen molar-refractivity contribution in [1.82, 2.24) is 48.2 Å². The first-order chi connectivity index (χ1) is 49.4. The van der Waals surface area contributed by atoms with Gasteiger partial charge in [-0.05, 0) is 195 Å². The second-order valence-electron chi connectivity index (χ2n) is 28.3. The van der Waals surface area contributed by atoms with Crippen LogP contribution in [0.5, 0.6) is 0 Å². The summed E-state index contributed by atoms with van der Waals surface area (Å²) in [7, 11) is -4.96. The van der Waals surface area contributed by atoms with E-state index in [4.69, 9.17) is 56.3 Å². The fraction of sp³-hybridized carbons (Fsp3) is 0.378. The van der Waals surface area contributed by atoms with Crippen molar-refractivity contribution >= 4 is 120 Å². The monoisotopic (exact) mass is 1540 g/mol. The van der Waals surface area contributed by atoms with Gasteiger partial charge in [-0.2, -0.15) is 37.9 Å². The van der Waals surface area contributed by atoms with Crippen LogP contribution in [0.2, 0.25) is 0 Å². The molecule has 0 aliphatic carbocycles. The Kier molecular flexibility index (Phi) is 27.3. The van der Waals surface area contributed by atoms with Crippen LogP contribution < -0.4 is 84.8 Å². The average Bonchev–Trinajstić information content (AvgIpc) is 1.62. The van der Waals surface area contributed by atoms with E-state index < -0.39 is 20.9 Å². The zero-order chi connectivity index (χ0) is 76.6. The van der Waals surface area contributed by atoms with E-state index in [9.17, 15) is 23.5 Å². The summed E-state index contributed by atoms with van der Waals surface area (Å²) in [5.41, 5.74) is 14.4. The van der Waals surface area contributed by atoms with Gasteiger partial charge in [-0.25, -0.2) is 33.2 Å². The van der Waals surface area contributed by atoms with E-state index in [0.29, 0.717) is 102 Å². The summed E-state index contributed by atoms with van der Waals surface area (Å²) in [6, 6.07) is 18.2. The number of nitriles is 1. The maximum atomic E-state index is 13.0. The van der Waals surface area contributed by atoms with Gasteiger partial charge in [0.15, 0.2) is 23.3 Å². The van der Waals surface area contributed by atoms with Crippen LogP contribution in [-0.2, 0) is 35.1 Å². The Labute approximate surface area is 681 Å². The Bertz CT molecular complexity index is 5290. The molecule has 0 fully saturated rings. The Morgan fingerprint density at radius 3 is 1.43 bits per heavy atom. The topological polar surface area (TPSA) is 329 Å². The maximum Gasteiger partial charge on any atom is 1.00 e. The van der Waals surface area contributed by atoms with Crippen LogP contribution in [0.15, 0.2) is 78.8 Å². The fourth-order valence-corrected chi connectivity index (χ4v) is 16.0. The van der Waals surface area contributed by atoms with Crippen molar-refractivity contribution in [3.05, 3.63) is 166 Å². The molecule has 2 N–H and O–H groups in total. The number of pyridine rings is 2. The number of benzene rings is 4. The fourth-order valence-electron chi connectivity index (χ4n) is 13.2. The normalized spacial score (nSPS) is 11.9. The largest absolute Gasteiger partial charge is 1.00 e. The van der Waals surface area contributed by atoms with Crippen molar-refractivity contribution in [2.24, 2.45) is 20.5 Å². The quantitative estimate of drug-likeness (QED) is 0.00829. The first-order valence-electron chi connectivity index (χ1n) is 33.6. The number of ether oxygens (including phenoxy) is 1. The maximum absolute atomic E-state index is 13.0. The van der Waals surface area contributed by atoms with Gasteiger partial charge in [0.25, 0.3) is 5.69 Å². The number of rotatable bonds is 24. The second-order valence-corrected chi connectivity index (χ2v) is 31.8. The van der Waals surface area contributed by atoms with Crippen LogP contribution in [0, 0.1) is 129 Å². The van der Waals surface area contributed by atoms with Crippen molar-refractivity contribution in [3.8, 4) is 16.3 Å². The molecule has 4 aromatic carbocycles. The predicted molar refractivity (Wildman–Crippen MR) is 408 cm³/mol. The minimum atomic E-state index is -4.96. The second kappa shape index (κ2) is 34.4. The van der Waals surface area contributed by atoms with Crippen LogP contribution in [0.1, 0.15) is 148 Å². The number of anilines is 8. The van der Waals surface area contributed by atoms with Gasteiger partial charge in [-0.15, -0.1) is 20.5 Å². The number of aromatic nitrogens is 10. The molecular formula is C74H84N20Na2O7S4. The number of nitrogens with zero attached hydrogens (tertiary/aromatic N) is 18. The van der Waals surface area contributed by atoms with Crippen LogP contribution in [-0.4, -0.2) is 87.5 Å². The molecule has 0 aliphatic rings. The molecule has 0 saturated carbocycles. The summed E-state index contributed by atoms with van der Waals surface area (Å²) in [5, 5.41) is 62.9. The van der Waals surface area contributed by atoms with Gasteiger partial charge < -0.3 is 35.0 Å². The van der Waals surface area contributed by atoms with Gasteiger partial charge >= 0.3 is 59.1 Å². The molecule has 33 heteroatoms. The van der Waals surface area contributed by atoms with Crippen molar-refractivity contribution in [2.75, 3.05) is 46.7 Å². The third kappa shape index (κ3) is 18.4. The number of aryl methyl sites for hydroxylation is 14. The standard InChI is InChI=1S/C74H86N20O7S4.2Na/c1-37-28-43(7)61(44(8)29-37)91(54-35-42(6)59(67(79-54)81-56-39(3)32-47(11)63(49(56)13)104-101-100-95)84-86-70-60(76-23)66(74(20,21)22)88-94(70)72-78-52(16)90-103-72)24-26-99-27-25-92(62-45(9)30-38(2)31-46(62)10)55-34-41(5)58(68(80-55)82-57-40(4)33-48(12)64(50(57)14)105(96,97)98)83-85-69-53(36-75)65(73(17,18)19)87-93(69)71-77-51(15)89-102-71;;/h28-35,95H,24-27H2,1-22H3,(H,79,81)(H,80,82)(H,96,97,98);;/q;2*+1/p-2. The molecule has 0 spiro atoms. The van der Waals surface area contributed by atoms with E-state index in [1.54, 1.807) is 33.8 Å². The number of azo groups is 2. The SMILES string of the molecule is [C-]#[N+]c1c(C(C)(C)C)nn(-c2nc(C)ns2)c1N=Nc1c(C)cc(N(CCOCCN(c2cc(C)c(N=Nc3c(C#N)c(C(C)(C)C)nn3-c3nc(C)ns3)c(Nc3c(C)cc(C)c(S(=O)(=O)[O-])c3C)n2)c2c(C)cc(C)cc2C)c2c(C)cc(C)cc2C)nc1Nc1c(C)cc(C)c(SOO[O-])c1C.[Na+].[Na+]. The molecule has 27 nitrogen and oxygen atoms in total. The van der Waals surface area contributed by atoms with Gasteiger partial charge in [0.05, 0.1) is 48.1 Å². The van der Waals surface area contributed by atoms with Crippen molar-refractivity contribution in [3.63, 3.8) is 0 Å². The van der Waals surface area contributed by atoms with Crippen LogP contribution in [0.25, 0.3) is 15.1 Å². The van der Waals surface area contributed by atoms with E-state index in [1.807, 2.05) is 122 Å². The van der Waals surface area contributed by atoms with Gasteiger partial charge in [-0.3, -0.25) is 5.04 Å². The molecule has 10 aromatic rings. The number of hydrogen-bond donors (Lipinski definition) is 2. The molecule has 0 amide bonds. The van der Waals surface area contributed by atoms with E-state index in [1.165, 1.54) is 9.36 Å². The molecule has 0 aliphatic heterocycles. The van der Waals surface area contributed by atoms with E-state index in [-0.39, 0.29) is 124 Å². The molecule has 0 unspecified atom stereocenters. The molecule has 0 atom stereocenters. The minimum absolute atomic E-state index is 0. The van der Waals surface area contributed by atoms with Gasteiger partial charge in [0, 0.05) is 69.2 Å². The summed E-state index contributed by atoms with van der Waals surface area (Å²) in [6.45, 7) is 51.5. The number of hydrogen-bond acceptors (Lipinski definition) is 27. The third-order valence-corrected chi connectivity index (χ3v) is 21.1. The summed E-state index contributed by atoms with van der Waals surface area (Å²) in [6.07, 6.45) is 0. The van der Waals surface area contributed by atoms with Crippen molar-refractivity contribution in [2.45, 2.75) is 173 Å². The van der Waals surface area contributed by atoms with Crippen LogP contribution >= 0.6 is 35.1 Å². The summed E-state index contributed by atoms with van der Waals surface area (Å²) >= 11 is 3.03. The van der Waals surface area contributed by atoms with Crippen molar-refractivity contribution < 1.29 is 91.5 Å². The Balaban J connectivity index is 0.00000722. The Hall–Kier alpha value is -7.80. The smallest absolute Gasteiger partial charge is 0.744 e. The van der Waals surface area contributed by atoms with Gasteiger partial charge in [0.1, 0.15) is 56.4 Å². The molecule has 6 heterocycles. The van der Waals surface area contributed by atoms with E-state index in [0.717, 1.165) is 96.6 Å². The molecule has 0 bridgehead atoms. The first kappa shape index (κ1) is 84.8. The summed E-state index contributed by atoms with van der Waals surface area (Å²) < 4.78 is 62.5. The minimum Gasteiger partial charge on any atom is -0.744 e. The molecular weight excluding hydrogens is 1460 g/mol. The Morgan fingerprint density at radius 1 is 0.589 bits per heavy atom. The number of nitrogens with one attached hydrogen (secondary N) is 2. The summed E-state index contributed by atoms with van der Waals surface area (Å²) in [5.74, 6) is 2.81. The Morgan fingerprint density at radius 2 is 1.02 bits per heavy atom. The molecule has 6 aromatic heterocycles. The summed E-state index contributed by atoms with van der Waals surface area (Å²) in [4.78, 5) is 28.5. The van der Waals surface area contributed by atoms with Gasteiger partial charge in [0.2, 0.25) is 10.3 Å². The molecule has 107 heavy (non-hydrogen) atoms. The van der Waals surface area contributed by atoms with Crippen LogP contribution in [0.3, 0.4) is 0 Å². The average molecular weight is 1540 g/mol. The first-order valence-corrected chi connectivity index (χ1v) is 37.3. The van der Waals surface area contributed by atoms with E-state index in [2.05, 4.69) is 100 Å². The molecule has 548 valence electrons. The van der Waals surface area contributed by atoms with Crippen LogP contribution in [0.4, 0.5) is 74.7 Å². The van der Waals surface area contributed by atoms with Crippen molar-refractivity contribution in [1.29, 1.82) is 5.26 Å². The zero-order valence-electron chi connectivity index (χ0n) is 65.0. The van der Waals surface area contributed by atoms with E-state index >= 15 is 0 Å². The van der Waals surface area contributed by atoms with Gasteiger partial charge in [-0.1, -0.05) is 89.1 Å². The molecule has 0 saturated heterocycles. The predicted octanol–water partition coefficient (Wildman–Crippen LogP) is 12.0.